The van der Waals surface area contributed by atoms with Gasteiger partial charge in [-0.1, -0.05) is 30.3 Å². The van der Waals surface area contributed by atoms with Crippen LogP contribution in [0.1, 0.15) is 45.6 Å². The van der Waals surface area contributed by atoms with Gasteiger partial charge < -0.3 is 4.74 Å². The van der Waals surface area contributed by atoms with Gasteiger partial charge in [-0.05, 0) is 39.2 Å². The number of carbonyl (C=O) groups is 2. The van der Waals surface area contributed by atoms with Crippen LogP contribution in [0, 0.1) is 5.41 Å². The largest absolute Gasteiger partial charge is 0.422 e. The van der Waals surface area contributed by atoms with E-state index in [4.69, 9.17) is 4.74 Å². The number of Topliss-reactive ketones (excluding diaryl/α,β-unsaturated/α-hetero) is 1. The summed E-state index contributed by atoms with van der Waals surface area (Å²) in [5.41, 5.74) is 1.18. The smallest absolute Gasteiger partial charge is 0.316 e. The fourth-order valence-corrected chi connectivity index (χ4v) is 2.10. The summed E-state index contributed by atoms with van der Waals surface area (Å²) in [6.45, 7) is 5.35. The van der Waals surface area contributed by atoms with E-state index in [1.807, 2.05) is 30.3 Å². The zero-order valence-corrected chi connectivity index (χ0v) is 12.2. The maximum atomic E-state index is 12.1. The zero-order chi connectivity index (χ0) is 14.8. The minimum absolute atomic E-state index is 0.0762. The van der Waals surface area contributed by atoms with Crippen LogP contribution in [0.3, 0.4) is 0 Å². The summed E-state index contributed by atoms with van der Waals surface area (Å²) in [6, 6.07) is 9.66. The first-order valence-electron chi connectivity index (χ1n) is 6.93. The van der Waals surface area contributed by atoms with E-state index in [-0.39, 0.29) is 17.5 Å². The Kier molecular flexibility index (Phi) is 4.07. The molecular weight excluding hydrogens is 252 g/mol. The second kappa shape index (κ2) is 5.61. The van der Waals surface area contributed by atoms with Crippen LogP contribution in [-0.2, 0) is 14.3 Å². The van der Waals surface area contributed by atoms with Crippen molar-refractivity contribution in [3.8, 4) is 0 Å². The van der Waals surface area contributed by atoms with Gasteiger partial charge in [0.25, 0.3) is 0 Å². The first kappa shape index (κ1) is 14.5. The molecule has 20 heavy (non-hydrogen) atoms. The molecule has 0 amide bonds. The third-order valence-electron chi connectivity index (χ3n) is 3.29. The molecule has 0 bridgehead atoms. The van der Waals surface area contributed by atoms with Crippen molar-refractivity contribution in [3.63, 3.8) is 0 Å². The van der Waals surface area contributed by atoms with E-state index in [2.05, 4.69) is 0 Å². The van der Waals surface area contributed by atoms with Crippen molar-refractivity contribution in [2.45, 2.75) is 40.0 Å². The molecule has 0 aromatic heterocycles. The van der Waals surface area contributed by atoms with Crippen molar-refractivity contribution in [1.82, 2.24) is 0 Å². The van der Waals surface area contributed by atoms with Crippen LogP contribution in [0.2, 0.25) is 0 Å². The van der Waals surface area contributed by atoms with Gasteiger partial charge in [-0.3, -0.25) is 9.59 Å². The van der Waals surface area contributed by atoms with E-state index >= 15 is 0 Å². The maximum absolute atomic E-state index is 12.1. The summed E-state index contributed by atoms with van der Waals surface area (Å²) in [7, 11) is 0. The van der Waals surface area contributed by atoms with E-state index in [0.29, 0.717) is 6.42 Å². The highest BCUT2D eigenvalue weighted by Gasteiger charge is 2.30. The Morgan fingerprint density at radius 2 is 1.75 bits per heavy atom. The highest BCUT2D eigenvalue weighted by Crippen LogP contribution is 2.32. The van der Waals surface area contributed by atoms with E-state index in [1.165, 1.54) is 0 Å². The molecule has 3 nitrogen and oxygen atoms in total. The Hall–Kier alpha value is -1.90. The van der Waals surface area contributed by atoms with Crippen molar-refractivity contribution in [2.24, 2.45) is 5.41 Å². The van der Waals surface area contributed by atoms with Crippen LogP contribution in [0.4, 0.5) is 0 Å². The first-order chi connectivity index (χ1) is 9.39. The van der Waals surface area contributed by atoms with Gasteiger partial charge in [0.15, 0.2) is 11.5 Å². The summed E-state index contributed by atoms with van der Waals surface area (Å²) in [6.07, 6.45) is 2.02. The highest BCUT2D eigenvalue weighted by molar-refractivity contribution is 6.04. The molecule has 1 aliphatic rings. The maximum Gasteiger partial charge on any atom is 0.316 e. The van der Waals surface area contributed by atoms with Gasteiger partial charge >= 0.3 is 5.97 Å². The average Bonchev–Trinajstić information content (AvgIpc) is 2.41. The molecule has 0 heterocycles. The zero-order valence-electron chi connectivity index (χ0n) is 12.2. The molecule has 0 unspecified atom stereocenters. The lowest BCUT2D eigenvalue weighted by atomic mass is 9.91. The summed E-state index contributed by atoms with van der Waals surface area (Å²) in [5, 5.41) is 0. The second-order valence-electron chi connectivity index (χ2n) is 6.09. The minimum atomic E-state index is -0.619. The van der Waals surface area contributed by atoms with Crippen LogP contribution in [0.5, 0.6) is 0 Å². The molecule has 0 atom stereocenters. The first-order valence-corrected chi connectivity index (χ1v) is 6.93. The number of carbonyl (C=O) groups excluding carboxylic acids is 2. The van der Waals surface area contributed by atoms with Gasteiger partial charge in [0.2, 0.25) is 0 Å². The summed E-state index contributed by atoms with van der Waals surface area (Å²) >= 11 is 0. The summed E-state index contributed by atoms with van der Waals surface area (Å²) in [5.74, 6) is -0.203. The van der Waals surface area contributed by atoms with Crippen LogP contribution in [0.25, 0.3) is 5.57 Å². The molecule has 106 valence electrons. The fraction of sp³-hybridized carbons (Fsp3) is 0.412. The van der Waals surface area contributed by atoms with Crippen molar-refractivity contribution in [1.29, 1.82) is 0 Å². The van der Waals surface area contributed by atoms with E-state index in [9.17, 15) is 9.59 Å². The van der Waals surface area contributed by atoms with E-state index < -0.39 is 5.41 Å². The third kappa shape index (κ3) is 3.16. The van der Waals surface area contributed by atoms with Crippen LogP contribution < -0.4 is 0 Å². The summed E-state index contributed by atoms with van der Waals surface area (Å²) < 4.78 is 5.43. The molecule has 0 saturated heterocycles. The predicted molar refractivity (Wildman–Crippen MR) is 77.8 cm³/mol. The highest BCUT2D eigenvalue weighted by atomic mass is 16.5. The van der Waals surface area contributed by atoms with Gasteiger partial charge in [-0.25, -0.2) is 0 Å². The SMILES string of the molecule is CC(C)(C)C(=O)OC1=C(c2ccccc2)CCCC1=O. The number of hydrogen-bond acceptors (Lipinski definition) is 3. The lowest BCUT2D eigenvalue weighted by Crippen LogP contribution is -2.26. The fourth-order valence-electron chi connectivity index (χ4n) is 2.10. The van der Waals surface area contributed by atoms with E-state index in [0.717, 1.165) is 24.0 Å². The van der Waals surface area contributed by atoms with Crippen molar-refractivity contribution in [2.75, 3.05) is 0 Å². The molecule has 0 fully saturated rings. The number of ether oxygens (including phenoxy) is 1. The molecule has 2 rings (SSSR count). The third-order valence-corrected chi connectivity index (χ3v) is 3.29. The van der Waals surface area contributed by atoms with Crippen LogP contribution in [0.15, 0.2) is 36.1 Å². The van der Waals surface area contributed by atoms with Gasteiger partial charge in [0, 0.05) is 12.0 Å². The quantitative estimate of drug-likeness (QED) is 0.770. The minimum Gasteiger partial charge on any atom is -0.422 e. The molecular formula is C17H20O3. The average molecular weight is 272 g/mol. The lowest BCUT2D eigenvalue weighted by Gasteiger charge is -2.22. The topological polar surface area (TPSA) is 43.4 Å². The van der Waals surface area contributed by atoms with Crippen molar-refractivity contribution < 1.29 is 14.3 Å². The molecule has 1 aromatic carbocycles. The van der Waals surface area contributed by atoms with Gasteiger partial charge in [0.1, 0.15) is 0 Å². The number of hydrogen-bond donors (Lipinski definition) is 0. The molecule has 0 spiro atoms. The van der Waals surface area contributed by atoms with Crippen molar-refractivity contribution >= 4 is 17.3 Å². The number of esters is 1. The molecule has 0 saturated carbocycles. The molecule has 0 aliphatic heterocycles. The number of ketones is 1. The lowest BCUT2D eigenvalue weighted by molar-refractivity contribution is -0.150. The number of benzene rings is 1. The van der Waals surface area contributed by atoms with Crippen LogP contribution in [-0.4, -0.2) is 11.8 Å². The molecule has 1 aliphatic carbocycles. The molecule has 0 radical (unpaired) electrons. The second-order valence-corrected chi connectivity index (χ2v) is 6.09. The van der Waals surface area contributed by atoms with Crippen LogP contribution >= 0.6 is 0 Å². The molecule has 1 aromatic rings. The number of allylic oxidation sites excluding steroid dienone is 2. The van der Waals surface area contributed by atoms with Gasteiger partial charge in [0.05, 0.1) is 5.41 Å². The molecule has 3 heteroatoms. The predicted octanol–water partition coefficient (Wildman–Crippen LogP) is 3.74. The Labute approximate surface area is 119 Å². The summed E-state index contributed by atoms with van der Waals surface area (Å²) in [4.78, 5) is 24.2. The van der Waals surface area contributed by atoms with Crippen molar-refractivity contribution in [3.05, 3.63) is 41.7 Å². The Balaban J connectivity index is 2.39. The van der Waals surface area contributed by atoms with Gasteiger partial charge in [-0.15, -0.1) is 0 Å². The monoisotopic (exact) mass is 272 g/mol. The Morgan fingerprint density at radius 3 is 2.35 bits per heavy atom. The number of rotatable bonds is 2. The normalized spacial score (nSPS) is 16.2. The Morgan fingerprint density at radius 1 is 1.10 bits per heavy atom. The Bertz CT molecular complexity index is 547. The van der Waals surface area contributed by atoms with E-state index in [1.54, 1.807) is 20.8 Å². The van der Waals surface area contributed by atoms with Gasteiger partial charge in [-0.2, -0.15) is 0 Å². The standard InChI is InChI=1S/C17H20O3/c1-17(2,3)16(19)20-15-13(10-7-11-14(15)18)12-8-5-4-6-9-12/h4-6,8-9H,7,10-11H2,1-3H3. The molecule has 0 N–H and O–H groups in total.